The molecule has 0 radical (unpaired) electrons. The molecule has 1 fully saturated rings. The second-order valence-electron chi connectivity index (χ2n) is 4.46. The molecule has 0 spiro atoms. The minimum absolute atomic E-state index is 0.0623. The fourth-order valence-corrected chi connectivity index (χ4v) is 3.97. The van der Waals surface area contributed by atoms with Gasteiger partial charge in [0, 0.05) is 5.75 Å². The highest BCUT2D eigenvalue weighted by Crippen LogP contribution is 2.57. The molecule has 0 saturated carbocycles. The molecule has 1 atom stereocenters. The molecular formula is C16H13NS. The first-order valence-electron chi connectivity index (χ1n) is 6.02. The molecule has 2 heteroatoms. The van der Waals surface area contributed by atoms with Crippen molar-refractivity contribution < 1.29 is 0 Å². The van der Waals surface area contributed by atoms with Crippen molar-refractivity contribution in [2.45, 2.75) is 4.75 Å². The van der Waals surface area contributed by atoms with Gasteiger partial charge in [-0.2, -0.15) is 5.26 Å². The van der Waals surface area contributed by atoms with E-state index < -0.39 is 0 Å². The first kappa shape index (κ1) is 11.4. The number of rotatable bonds is 2. The third-order valence-electron chi connectivity index (χ3n) is 3.53. The molecule has 0 amide bonds. The lowest BCUT2D eigenvalue weighted by molar-refractivity contribution is 0.545. The first-order chi connectivity index (χ1) is 8.88. The second kappa shape index (κ2) is 4.51. The van der Waals surface area contributed by atoms with Crippen LogP contribution in [0.4, 0.5) is 0 Å². The third kappa shape index (κ3) is 1.55. The van der Waals surface area contributed by atoms with Gasteiger partial charge in [-0.15, -0.1) is 11.8 Å². The van der Waals surface area contributed by atoms with E-state index in [0.29, 0.717) is 0 Å². The van der Waals surface area contributed by atoms with Crippen LogP contribution in [0.2, 0.25) is 0 Å². The summed E-state index contributed by atoms with van der Waals surface area (Å²) in [5.41, 5.74) is 2.47. The molecule has 1 aliphatic heterocycles. The maximum atomic E-state index is 9.38. The molecular weight excluding hydrogens is 238 g/mol. The van der Waals surface area contributed by atoms with Gasteiger partial charge in [0.25, 0.3) is 0 Å². The molecule has 1 aliphatic rings. The maximum Gasteiger partial charge on any atom is 0.0823 e. The van der Waals surface area contributed by atoms with Crippen LogP contribution in [0.1, 0.15) is 11.1 Å². The van der Waals surface area contributed by atoms with Crippen molar-refractivity contribution in [3.63, 3.8) is 0 Å². The summed E-state index contributed by atoms with van der Waals surface area (Å²) in [5.74, 6) is 0.979. The van der Waals surface area contributed by atoms with Crippen LogP contribution in [0.25, 0.3) is 0 Å². The molecule has 0 N–H and O–H groups in total. The fraction of sp³-hybridized carbons (Fsp3) is 0.188. The Labute approximate surface area is 111 Å². The van der Waals surface area contributed by atoms with Gasteiger partial charge < -0.3 is 0 Å². The quantitative estimate of drug-likeness (QED) is 0.810. The predicted octanol–water partition coefficient (Wildman–Crippen LogP) is 3.82. The van der Waals surface area contributed by atoms with Crippen LogP contribution in [0, 0.1) is 17.2 Å². The lowest BCUT2D eigenvalue weighted by Crippen LogP contribution is -2.43. The van der Waals surface area contributed by atoms with Crippen LogP contribution in [0.3, 0.4) is 0 Å². The summed E-state index contributed by atoms with van der Waals surface area (Å²) in [4.78, 5) is 0. The lowest BCUT2D eigenvalue weighted by atomic mass is 9.80. The Morgan fingerprint density at radius 2 is 1.44 bits per heavy atom. The molecule has 0 aliphatic carbocycles. The van der Waals surface area contributed by atoms with E-state index in [1.807, 2.05) is 48.2 Å². The lowest BCUT2D eigenvalue weighted by Gasteiger charge is -2.46. The van der Waals surface area contributed by atoms with Gasteiger partial charge >= 0.3 is 0 Å². The number of thioether (sulfide) groups is 1. The van der Waals surface area contributed by atoms with Crippen LogP contribution in [-0.4, -0.2) is 5.75 Å². The smallest absolute Gasteiger partial charge is 0.0823 e. The highest BCUT2D eigenvalue weighted by atomic mass is 32.2. The highest BCUT2D eigenvalue weighted by molar-refractivity contribution is 8.01. The van der Waals surface area contributed by atoms with Gasteiger partial charge in [-0.3, -0.25) is 0 Å². The Bertz CT molecular complexity index is 532. The van der Waals surface area contributed by atoms with Gasteiger partial charge in [0.15, 0.2) is 0 Å². The number of benzene rings is 2. The SMILES string of the molecule is N#CC1CSC1(c1ccccc1)c1ccccc1. The van der Waals surface area contributed by atoms with Crippen LogP contribution >= 0.6 is 11.8 Å². The standard InChI is InChI=1S/C16H13NS/c17-11-15-12-18-16(15,13-7-3-1-4-8-13)14-9-5-2-6-10-14/h1-10,15H,12H2. The van der Waals surface area contributed by atoms with Crippen LogP contribution in [-0.2, 0) is 4.75 Å². The summed E-state index contributed by atoms with van der Waals surface area (Å²) >= 11 is 1.87. The monoisotopic (exact) mass is 251 g/mol. The molecule has 1 saturated heterocycles. The number of hydrogen-bond acceptors (Lipinski definition) is 2. The molecule has 1 unspecified atom stereocenters. The predicted molar refractivity (Wildman–Crippen MR) is 75.2 cm³/mol. The van der Waals surface area contributed by atoms with Crippen molar-refractivity contribution in [1.82, 2.24) is 0 Å². The summed E-state index contributed by atoms with van der Waals surface area (Å²) < 4.78 is -0.169. The molecule has 1 heterocycles. The second-order valence-corrected chi connectivity index (χ2v) is 5.73. The normalized spacial score (nSPS) is 20.7. The zero-order chi connectivity index (χ0) is 12.4. The Kier molecular flexibility index (Phi) is 2.85. The van der Waals surface area contributed by atoms with Crippen LogP contribution in [0.15, 0.2) is 60.7 Å². The average Bonchev–Trinajstić information content (AvgIpc) is 2.41. The Hall–Kier alpha value is -1.72. The van der Waals surface area contributed by atoms with E-state index in [4.69, 9.17) is 0 Å². The van der Waals surface area contributed by atoms with Crippen molar-refractivity contribution in [3.05, 3.63) is 71.8 Å². The van der Waals surface area contributed by atoms with Gasteiger partial charge in [0.05, 0.1) is 16.7 Å². The Morgan fingerprint density at radius 3 is 1.78 bits per heavy atom. The van der Waals surface area contributed by atoms with Crippen molar-refractivity contribution >= 4 is 11.8 Å². The number of nitriles is 1. The van der Waals surface area contributed by atoms with E-state index in [2.05, 4.69) is 30.3 Å². The Balaban J connectivity index is 2.15. The minimum Gasteiger partial charge on any atom is -0.198 e. The molecule has 0 aromatic heterocycles. The summed E-state index contributed by atoms with van der Waals surface area (Å²) in [6.07, 6.45) is 0. The van der Waals surface area contributed by atoms with E-state index in [1.165, 1.54) is 11.1 Å². The van der Waals surface area contributed by atoms with Crippen molar-refractivity contribution in [2.75, 3.05) is 5.75 Å². The number of hydrogen-bond donors (Lipinski definition) is 0. The van der Waals surface area contributed by atoms with Crippen LogP contribution in [0.5, 0.6) is 0 Å². The minimum atomic E-state index is -0.169. The summed E-state index contributed by atoms with van der Waals surface area (Å²) in [6, 6.07) is 23.2. The van der Waals surface area contributed by atoms with E-state index in [-0.39, 0.29) is 10.7 Å². The van der Waals surface area contributed by atoms with Gasteiger partial charge in [0.1, 0.15) is 0 Å². The molecule has 0 bridgehead atoms. The zero-order valence-corrected chi connectivity index (χ0v) is 10.7. The van der Waals surface area contributed by atoms with Gasteiger partial charge in [-0.05, 0) is 11.1 Å². The number of nitrogens with zero attached hydrogens (tertiary/aromatic N) is 1. The molecule has 18 heavy (non-hydrogen) atoms. The van der Waals surface area contributed by atoms with E-state index in [1.54, 1.807) is 0 Å². The maximum absolute atomic E-state index is 9.38. The topological polar surface area (TPSA) is 23.8 Å². The molecule has 3 rings (SSSR count). The van der Waals surface area contributed by atoms with E-state index >= 15 is 0 Å². The van der Waals surface area contributed by atoms with Gasteiger partial charge in [-0.1, -0.05) is 60.7 Å². The first-order valence-corrected chi connectivity index (χ1v) is 7.01. The largest absolute Gasteiger partial charge is 0.198 e. The fourth-order valence-electron chi connectivity index (χ4n) is 2.57. The zero-order valence-electron chi connectivity index (χ0n) is 9.91. The summed E-state index contributed by atoms with van der Waals surface area (Å²) in [7, 11) is 0. The van der Waals surface area contributed by atoms with Crippen LogP contribution < -0.4 is 0 Å². The van der Waals surface area contributed by atoms with Gasteiger partial charge in [-0.25, -0.2) is 0 Å². The molecule has 2 aromatic carbocycles. The molecule has 88 valence electrons. The van der Waals surface area contributed by atoms with Crippen molar-refractivity contribution in [2.24, 2.45) is 5.92 Å². The van der Waals surface area contributed by atoms with Gasteiger partial charge in [0.2, 0.25) is 0 Å². The summed E-state index contributed by atoms with van der Waals surface area (Å²) in [5, 5.41) is 9.38. The molecule has 2 aromatic rings. The summed E-state index contributed by atoms with van der Waals surface area (Å²) in [6.45, 7) is 0. The highest BCUT2D eigenvalue weighted by Gasteiger charge is 2.50. The van der Waals surface area contributed by atoms with Crippen molar-refractivity contribution in [3.8, 4) is 6.07 Å². The average molecular weight is 251 g/mol. The van der Waals surface area contributed by atoms with E-state index in [9.17, 15) is 5.26 Å². The van der Waals surface area contributed by atoms with Crippen molar-refractivity contribution in [1.29, 1.82) is 5.26 Å². The molecule has 1 nitrogen and oxygen atoms in total. The van der Waals surface area contributed by atoms with E-state index in [0.717, 1.165) is 5.75 Å². The third-order valence-corrected chi connectivity index (χ3v) is 5.24. The Morgan fingerprint density at radius 1 is 0.944 bits per heavy atom.